The fourth-order valence-corrected chi connectivity index (χ4v) is 3.57. The van der Waals surface area contributed by atoms with Crippen LogP contribution in [0.3, 0.4) is 0 Å². The number of alkyl halides is 3. The molecule has 9 heteroatoms. The Morgan fingerprint density at radius 1 is 1.00 bits per heavy atom. The lowest BCUT2D eigenvalue weighted by Gasteiger charge is -2.05. The second-order valence-corrected chi connectivity index (χ2v) is 7.36. The van der Waals surface area contributed by atoms with E-state index >= 15 is 0 Å². The van der Waals surface area contributed by atoms with Crippen LogP contribution in [-0.4, -0.2) is 21.1 Å². The van der Waals surface area contributed by atoms with Crippen LogP contribution in [0.15, 0.2) is 66.0 Å². The Bertz CT molecular complexity index is 1170. The third-order valence-corrected chi connectivity index (χ3v) is 5.17. The standard InChI is InChI=1S/C21H15F3N4OS/c22-21(23,24)18-10-16(27-28-18)14-7-4-8-15(9-14)20(29)25-11-19-26-17(12-30-19)13-5-2-1-3-6-13/h1-10,12H,11H2,(H,25,29)(H,27,28). The second-order valence-electron chi connectivity index (χ2n) is 6.42. The zero-order chi connectivity index (χ0) is 21.1. The maximum absolute atomic E-state index is 12.8. The molecule has 0 saturated carbocycles. The van der Waals surface area contributed by atoms with Gasteiger partial charge < -0.3 is 5.32 Å². The summed E-state index contributed by atoms with van der Waals surface area (Å²) >= 11 is 1.44. The van der Waals surface area contributed by atoms with Gasteiger partial charge in [0.15, 0.2) is 0 Å². The first-order chi connectivity index (χ1) is 14.4. The van der Waals surface area contributed by atoms with Crippen LogP contribution in [0.1, 0.15) is 21.1 Å². The molecule has 0 aliphatic rings. The number of hydrogen-bond donors (Lipinski definition) is 2. The maximum atomic E-state index is 12.8. The number of carbonyl (C=O) groups is 1. The number of amides is 1. The summed E-state index contributed by atoms with van der Waals surface area (Å²) in [5, 5.41) is 11.1. The Labute approximate surface area is 173 Å². The van der Waals surface area contributed by atoms with Crippen LogP contribution in [0, 0.1) is 0 Å². The fourth-order valence-electron chi connectivity index (χ4n) is 2.83. The topological polar surface area (TPSA) is 70.7 Å². The van der Waals surface area contributed by atoms with Gasteiger partial charge in [-0.3, -0.25) is 9.89 Å². The normalized spacial score (nSPS) is 11.4. The van der Waals surface area contributed by atoms with Crippen LogP contribution in [0.2, 0.25) is 0 Å². The van der Waals surface area contributed by atoms with Gasteiger partial charge in [-0.15, -0.1) is 11.3 Å². The van der Waals surface area contributed by atoms with Gasteiger partial charge in [-0.05, 0) is 18.2 Å². The Kier molecular flexibility index (Phi) is 5.37. The number of aromatic nitrogens is 3. The smallest absolute Gasteiger partial charge is 0.346 e. The number of benzene rings is 2. The van der Waals surface area contributed by atoms with Crippen molar-refractivity contribution < 1.29 is 18.0 Å². The molecule has 0 aliphatic heterocycles. The highest BCUT2D eigenvalue weighted by Gasteiger charge is 2.33. The van der Waals surface area contributed by atoms with Gasteiger partial charge in [-0.25, -0.2) is 4.98 Å². The van der Waals surface area contributed by atoms with Crippen molar-refractivity contribution in [2.75, 3.05) is 0 Å². The number of hydrogen-bond acceptors (Lipinski definition) is 4. The van der Waals surface area contributed by atoms with E-state index in [2.05, 4.69) is 15.4 Å². The molecule has 2 aromatic carbocycles. The molecule has 2 heterocycles. The number of H-pyrrole nitrogens is 1. The van der Waals surface area contributed by atoms with Gasteiger partial charge in [0, 0.05) is 22.1 Å². The molecule has 0 fully saturated rings. The predicted molar refractivity (Wildman–Crippen MR) is 108 cm³/mol. The molecule has 4 aromatic rings. The van der Waals surface area contributed by atoms with Crippen LogP contribution >= 0.6 is 11.3 Å². The summed E-state index contributed by atoms with van der Waals surface area (Å²) in [4.78, 5) is 17.0. The largest absolute Gasteiger partial charge is 0.432 e. The van der Waals surface area contributed by atoms with Crippen LogP contribution in [0.4, 0.5) is 13.2 Å². The third-order valence-electron chi connectivity index (χ3n) is 4.33. The molecule has 30 heavy (non-hydrogen) atoms. The number of nitrogens with one attached hydrogen (secondary N) is 2. The van der Waals surface area contributed by atoms with Crippen molar-refractivity contribution in [2.24, 2.45) is 0 Å². The van der Waals surface area contributed by atoms with E-state index in [9.17, 15) is 18.0 Å². The minimum absolute atomic E-state index is 0.115. The predicted octanol–water partition coefficient (Wildman–Crippen LogP) is 5.15. The van der Waals surface area contributed by atoms with Crippen molar-refractivity contribution in [3.8, 4) is 22.5 Å². The summed E-state index contributed by atoms with van der Waals surface area (Å²) in [6, 6.07) is 16.9. The molecule has 0 aliphatic carbocycles. The molecule has 2 aromatic heterocycles. The zero-order valence-electron chi connectivity index (χ0n) is 15.4. The quantitative estimate of drug-likeness (QED) is 0.462. The first-order valence-electron chi connectivity index (χ1n) is 8.91. The first kappa shape index (κ1) is 19.8. The number of nitrogens with zero attached hydrogens (tertiary/aromatic N) is 2. The lowest BCUT2D eigenvalue weighted by atomic mass is 10.1. The Balaban J connectivity index is 1.44. The highest BCUT2D eigenvalue weighted by atomic mass is 32.1. The average Bonchev–Trinajstić information content (AvgIpc) is 3.43. The number of halogens is 3. The van der Waals surface area contributed by atoms with Crippen LogP contribution < -0.4 is 5.32 Å². The molecule has 5 nitrogen and oxygen atoms in total. The summed E-state index contributed by atoms with van der Waals surface area (Å²) in [7, 11) is 0. The molecular weight excluding hydrogens is 413 g/mol. The van der Waals surface area contributed by atoms with E-state index in [1.165, 1.54) is 17.4 Å². The summed E-state index contributed by atoms with van der Waals surface area (Å²) < 4.78 is 38.3. The van der Waals surface area contributed by atoms with E-state index in [4.69, 9.17) is 0 Å². The fraction of sp³-hybridized carbons (Fsp3) is 0.0952. The van der Waals surface area contributed by atoms with E-state index in [1.54, 1.807) is 18.2 Å². The number of thiazole rings is 1. The molecule has 0 atom stereocenters. The monoisotopic (exact) mass is 428 g/mol. The Morgan fingerprint density at radius 3 is 2.50 bits per heavy atom. The molecule has 152 valence electrons. The molecule has 2 N–H and O–H groups in total. The molecule has 4 rings (SSSR count). The lowest BCUT2D eigenvalue weighted by Crippen LogP contribution is -2.22. The van der Waals surface area contributed by atoms with E-state index in [0.717, 1.165) is 22.3 Å². The summed E-state index contributed by atoms with van der Waals surface area (Å²) in [5.74, 6) is -0.347. The van der Waals surface area contributed by atoms with Crippen molar-refractivity contribution in [3.05, 3.63) is 82.3 Å². The van der Waals surface area contributed by atoms with Crippen molar-refractivity contribution in [1.82, 2.24) is 20.5 Å². The molecule has 0 saturated heterocycles. The molecule has 0 unspecified atom stereocenters. The van der Waals surface area contributed by atoms with Crippen molar-refractivity contribution in [1.29, 1.82) is 0 Å². The van der Waals surface area contributed by atoms with Gasteiger partial charge in [-0.2, -0.15) is 18.3 Å². The molecule has 0 spiro atoms. The van der Waals surface area contributed by atoms with Crippen LogP contribution in [0.5, 0.6) is 0 Å². The Morgan fingerprint density at radius 2 is 1.77 bits per heavy atom. The number of rotatable bonds is 5. The zero-order valence-corrected chi connectivity index (χ0v) is 16.2. The van der Waals surface area contributed by atoms with Gasteiger partial charge in [0.05, 0.1) is 17.9 Å². The van der Waals surface area contributed by atoms with Crippen molar-refractivity contribution >= 4 is 17.2 Å². The third kappa shape index (κ3) is 4.41. The lowest BCUT2D eigenvalue weighted by molar-refractivity contribution is -0.141. The van der Waals surface area contributed by atoms with Gasteiger partial charge in [0.25, 0.3) is 5.91 Å². The average molecular weight is 428 g/mol. The maximum Gasteiger partial charge on any atom is 0.432 e. The van der Waals surface area contributed by atoms with Crippen LogP contribution in [-0.2, 0) is 12.7 Å². The van der Waals surface area contributed by atoms with E-state index in [1.807, 2.05) is 40.8 Å². The molecule has 0 bridgehead atoms. The highest BCUT2D eigenvalue weighted by Crippen LogP contribution is 2.30. The molecular formula is C21H15F3N4OS. The number of carbonyl (C=O) groups excluding carboxylic acids is 1. The van der Waals surface area contributed by atoms with Crippen LogP contribution in [0.25, 0.3) is 22.5 Å². The Hall–Kier alpha value is -3.46. The summed E-state index contributed by atoms with van der Waals surface area (Å²) in [6.07, 6.45) is -4.51. The van der Waals surface area contributed by atoms with Gasteiger partial charge in [0.1, 0.15) is 10.7 Å². The van der Waals surface area contributed by atoms with Gasteiger partial charge in [0.2, 0.25) is 0 Å². The number of aromatic amines is 1. The van der Waals surface area contributed by atoms with Crippen molar-refractivity contribution in [2.45, 2.75) is 12.7 Å². The van der Waals surface area contributed by atoms with E-state index < -0.39 is 11.9 Å². The molecule has 1 amide bonds. The first-order valence-corrected chi connectivity index (χ1v) is 9.79. The summed E-state index contributed by atoms with van der Waals surface area (Å²) in [5.41, 5.74) is 1.75. The van der Waals surface area contributed by atoms with E-state index in [-0.39, 0.29) is 18.1 Å². The van der Waals surface area contributed by atoms with E-state index in [0.29, 0.717) is 11.1 Å². The highest BCUT2D eigenvalue weighted by molar-refractivity contribution is 7.09. The second kappa shape index (κ2) is 8.11. The molecule has 0 radical (unpaired) electrons. The minimum Gasteiger partial charge on any atom is -0.346 e. The summed E-state index contributed by atoms with van der Waals surface area (Å²) in [6.45, 7) is 0.251. The van der Waals surface area contributed by atoms with Crippen molar-refractivity contribution in [3.63, 3.8) is 0 Å². The van der Waals surface area contributed by atoms with Gasteiger partial charge in [-0.1, -0.05) is 42.5 Å². The minimum atomic E-state index is -4.51. The SMILES string of the molecule is O=C(NCc1nc(-c2ccccc2)cs1)c1cccc(-c2cc(C(F)(F)F)[nH]n2)c1. The van der Waals surface area contributed by atoms with Gasteiger partial charge >= 0.3 is 6.18 Å².